The standard InChI is InChI=1S/C48H44N2/c1-32-20-23-35-12-6-8-17-44(35)49(32)46-19-11-15-38-34(14-10-16-41(38)46)24-21-33-22-26-39-40-27-25-37(31-43(40)48(4,5)42(39)30-33)50-45-18-9-7-13-36(45)28-29-47(50,2)3/h6-19,21-22,24-32H,20,23H2,1-5H3/b24-21+. The van der Waals surface area contributed by atoms with E-state index in [1.54, 1.807) is 0 Å². The van der Waals surface area contributed by atoms with Crippen LogP contribution in [0.15, 0.2) is 127 Å². The summed E-state index contributed by atoms with van der Waals surface area (Å²) in [4.78, 5) is 5.05. The van der Waals surface area contributed by atoms with Gasteiger partial charge in [-0.15, -0.1) is 0 Å². The molecule has 9 rings (SSSR count). The Labute approximate surface area is 297 Å². The molecule has 1 unspecified atom stereocenters. The Kier molecular flexibility index (Phi) is 6.97. The Hall–Kier alpha value is -5.34. The van der Waals surface area contributed by atoms with Crippen molar-refractivity contribution in [1.29, 1.82) is 0 Å². The molecule has 0 aromatic heterocycles. The molecule has 50 heavy (non-hydrogen) atoms. The molecule has 2 aliphatic heterocycles. The van der Waals surface area contributed by atoms with Gasteiger partial charge in [-0.3, -0.25) is 0 Å². The second kappa shape index (κ2) is 11.4. The van der Waals surface area contributed by atoms with Gasteiger partial charge in [-0.2, -0.15) is 0 Å². The van der Waals surface area contributed by atoms with Crippen LogP contribution in [-0.2, 0) is 11.8 Å². The molecule has 0 spiro atoms. The summed E-state index contributed by atoms with van der Waals surface area (Å²) in [6.45, 7) is 11.7. The van der Waals surface area contributed by atoms with Gasteiger partial charge < -0.3 is 9.80 Å². The predicted octanol–water partition coefficient (Wildman–Crippen LogP) is 12.7. The van der Waals surface area contributed by atoms with E-state index in [2.05, 4.69) is 190 Å². The lowest BCUT2D eigenvalue weighted by atomic mass is 9.81. The first-order valence-corrected chi connectivity index (χ1v) is 18.2. The maximum absolute atomic E-state index is 2.56. The van der Waals surface area contributed by atoms with Crippen LogP contribution in [0.25, 0.3) is 40.1 Å². The van der Waals surface area contributed by atoms with Gasteiger partial charge in [0.1, 0.15) is 0 Å². The number of para-hydroxylation sites is 2. The molecule has 2 nitrogen and oxygen atoms in total. The average molecular weight is 649 g/mol. The third-order valence-electron chi connectivity index (χ3n) is 11.5. The molecular formula is C48H44N2. The Bertz CT molecular complexity index is 2370. The summed E-state index contributed by atoms with van der Waals surface area (Å²) in [5.74, 6) is 0. The normalized spacial score (nSPS) is 18.2. The molecule has 6 aromatic carbocycles. The molecular weight excluding hydrogens is 605 g/mol. The molecule has 0 saturated heterocycles. The predicted molar refractivity (Wildman–Crippen MR) is 215 cm³/mol. The third kappa shape index (κ3) is 4.76. The van der Waals surface area contributed by atoms with Crippen molar-refractivity contribution in [3.05, 3.63) is 161 Å². The number of aryl methyl sites for hydroxylation is 1. The highest BCUT2D eigenvalue weighted by molar-refractivity contribution is 6.02. The number of rotatable bonds is 4. The Morgan fingerprint density at radius 2 is 1.34 bits per heavy atom. The Morgan fingerprint density at radius 3 is 2.20 bits per heavy atom. The van der Waals surface area contributed by atoms with Crippen LogP contribution in [0.1, 0.15) is 74.4 Å². The van der Waals surface area contributed by atoms with E-state index in [0.717, 1.165) is 12.8 Å². The van der Waals surface area contributed by atoms with Crippen LogP contribution in [0.3, 0.4) is 0 Å². The van der Waals surface area contributed by atoms with Crippen molar-refractivity contribution in [1.82, 2.24) is 0 Å². The highest BCUT2D eigenvalue weighted by Gasteiger charge is 2.38. The van der Waals surface area contributed by atoms with Crippen LogP contribution in [0.4, 0.5) is 22.7 Å². The highest BCUT2D eigenvalue weighted by Crippen LogP contribution is 2.51. The topological polar surface area (TPSA) is 6.48 Å². The quantitative estimate of drug-likeness (QED) is 0.176. The van der Waals surface area contributed by atoms with Crippen molar-refractivity contribution in [2.75, 3.05) is 9.80 Å². The zero-order chi connectivity index (χ0) is 34.2. The van der Waals surface area contributed by atoms with Crippen LogP contribution < -0.4 is 9.80 Å². The number of hydrogen-bond donors (Lipinski definition) is 0. The van der Waals surface area contributed by atoms with Gasteiger partial charge in [0, 0.05) is 39.6 Å². The van der Waals surface area contributed by atoms with Crippen molar-refractivity contribution in [2.24, 2.45) is 0 Å². The smallest absolute Gasteiger partial charge is 0.0580 e. The second-order valence-corrected chi connectivity index (χ2v) is 15.5. The molecule has 246 valence electrons. The number of hydrogen-bond acceptors (Lipinski definition) is 2. The van der Waals surface area contributed by atoms with Crippen LogP contribution in [0, 0.1) is 0 Å². The molecule has 0 amide bonds. The summed E-state index contributed by atoms with van der Waals surface area (Å²) in [6, 6.07) is 45.8. The number of benzene rings is 6. The van der Waals surface area contributed by atoms with E-state index < -0.39 is 0 Å². The first-order valence-electron chi connectivity index (χ1n) is 18.2. The summed E-state index contributed by atoms with van der Waals surface area (Å²) in [7, 11) is 0. The summed E-state index contributed by atoms with van der Waals surface area (Å²) in [5.41, 5.74) is 15.5. The molecule has 0 N–H and O–H groups in total. The summed E-state index contributed by atoms with van der Waals surface area (Å²) < 4.78 is 0. The van der Waals surface area contributed by atoms with Crippen LogP contribution in [-0.4, -0.2) is 11.6 Å². The van der Waals surface area contributed by atoms with Gasteiger partial charge in [0.15, 0.2) is 0 Å². The minimum atomic E-state index is -0.130. The van der Waals surface area contributed by atoms with Crippen molar-refractivity contribution in [3.8, 4) is 11.1 Å². The maximum atomic E-state index is 2.56. The fourth-order valence-corrected chi connectivity index (χ4v) is 8.88. The lowest BCUT2D eigenvalue weighted by Gasteiger charge is -2.42. The van der Waals surface area contributed by atoms with Gasteiger partial charge in [0.2, 0.25) is 0 Å². The first-order chi connectivity index (χ1) is 24.2. The zero-order valence-corrected chi connectivity index (χ0v) is 29.7. The minimum absolute atomic E-state index is 0.115. The molecule has 0 radical (unpaired) electrons. The number of fused-ring (bicyclic) bond motifs is 6. The van der Waals surface area contributed by atoms with Crippen LogP contribution >= 0.6 is 0 Å². The van der Waals surface area contributed by atoms with Crippen LogP contribution in [0.5, 0.6) is 0 Å². The summed E-state index contributed by atoms with van der Waals surface area (Å²) in [6.07, 6.45) is 11.5. The van der Waals surface area contributed by atoms with Gasteiger partial charge in [0.25, 0.3) is 0 Å². The first kappa shape index (κ1) is 30.7. The van der Waals surface area contributed by atoms with Gasteiger partial charge >= 0.3 is 0 Å². The Morgan fingerprint density at radius 1 is 0.640 bits per heavy atom. The molecule has 0 saturated carbocycles. The number of anilines is 4. The van der Waals surface area contributed by atoms with Crippen LogP contribution in [0.2, 0.25) is 0 Å². The van der Waals surface area contributed by atoms with E-state index >= 15 is 0 Å². The van der Waals surface area contributed by atoms with Gasteiger partial charge in [0.05, 0.1) is 5.54 Å². The van der Waals surface area contributed by atoms with E-state index in [4.69, 9.17) is 0 Å². The van der Waals surface area contributed by atoms with Gasteiger partial charge in [-0.25, -0.2) is 0 Å². The molecule has 3 aliphatic rings. The molecule has 2 heteroatoms. The number of nitrogens with zero attached hydrogens (tertiary/aromatic N) is 2. The highest BCUT2D eigenvalue weighted by atomic mass is 15.2. The minimum Gasteiger partial charge on any atom is -0.338 e. The second-order valence-electron chi connectivity index (χ2n) is 15.5. The van der Waals surface area contributed by atoms with E-state index in [-0.39, 0.29) is 11.0 Å². The fourth-order valence-electron chi connectivity index (χ4n) is 8.88. The lowest BCUT2D eigenvalue weighted by molar-refractivity contribution is 0.619. The maximum Gasteiger partial charge on any atom is 0.0580 e. The summed E-state index contributed by atoms with van der Waals surface area (Å²) in [5, 5.41) is 2.59. The molecule has 0 fully saturated rings. The SMILES string of the molecule is CC1CCc2ccccc2N1c1cccc2c(/C=C/c3ccc4c(c3)C(C)(C)c3cc(N5c6ccccc6C=CC5(C)C)ccc3-4)cccc12. The van der Waals surface area contributed by atoms with E-state index in [1.165, 1.54) is 78.0 Å². The average Bonchev–Trinajstić information content (AvgIpc) is 3.35. The molecule has 6 aromatic rings. The van der Waals surface area contributed by atoms with E-state index in [0.29, 0.717) is 6.04 Å². The largest absolute Gasteiger partial charge is 0.338 e. The fraction of sp³-hybridized carbons (Fsp3) is 0.208. The molecule has 2 heterocycles. The van der Waals surface area contributed by atoms with E-state index in [9.17, 15) is 0 Å². The molecule has 1 aliphatic carbocycles. The van der Waals surface area contributed by atoms with Crippen molar-refractivity contribution in [2.45, 2.75) is 64.5 Å². The molecule has 1 atom stereocenters. The third-order valence-corrected chi connectivity index (χ3v) is 11.5. The van der Waals surface area contributed by atoms with Crippen molar-refractivity contribution >= 4 is 51.8 Å². The lowest BCUT2D eigenvalue weighted by Crippen LogP contribution is -2.40. The van der Waals surface area contributed by atoms with Gasteiger partial charge in [-0.05, 0) is 114 Å². The Balaban J connectivity index is 1.06. The van der Waals surface area contributed by atoms with E-state index in [1.807, 2.05) is 0 Å². The van der Waals surface area contributed by atoms with Crippen molar-refractivity contribution in [3.63, 3.8) is 0 Å². The monoisotopic (exact) mass is 648 g/mol. The van der Waals surface area contributed by atoms with Crippen molar-refractivity contribution < 1.29 is 0 Å². The molecule has 0 bridgehead atoms. The summed E-state index contributed by atoms with van der Waals surface area (Å²) >= 11 is 0. The van der Waals surface area contributed by atoms with Gasteiger partial charge in [-0.1, -0.05) is 129 Å². The zero-order valence-electron chi connectivity index (χ0n) is 29.7.